The van der Waals surface area contributed by atoms with Crippen LogP contribution in [0.25, 0.3) is 0 Å². The lowest BCUT2D eigenvalue weighted by Crippen LogP contribution is -2.40. The predicted molar refractivity (Wildman–Crippen MR) is 160 cm³/mol. The van der Waals surface area contributed by atoms with Gasteiger partial charge in [-0.05, 0) is 79.1 Å². The topological polar surface area (TPSA) is 130 Å². The van der Waals surface area contributed by atoms with Crippen LogP contribution < -0.4 is 19.8 Å². The number of nitrogens with one attached hydrogen (secondary N) is 2. The third-order valence-electron chi connectivity index (χ3n) is 6.35. The van der Waals surface area contributed by atoms with Crippen LogP contribution in [0.5, 0.6) is 5.75 Å². The Bertz CT molecular complexity index is 1710. The van der Waals surface area contributed by atoms with Gasteiger partial charge in [0.15, 0.2) is 5.71 Å². The normalized spacial score (nSPS) is 13.4. The van der Waals surface area contributed by atoms with Gasteiger partial charge in [-0.15, -0.1) is 0 Å². The van der Waals surface area contributed by atoms with Gasteiger partial charge in [0.05, 0.1) is 22.9 Å². The molecule has 1 aliphatic rings. The first-order valence-electron chi connectivity index (χ1n) is 13.0. The maximum Gasteiger partial charge on any atom is 0.276 e. The van der Waals surface area contributed by atoms with E-state index in [1.165, 1.54) is 36.4 Å². The van der Waals surface area contributed by atoms with Gasteiger partial charge < -0.3 is 10.1 Å². The second-order valence-electron chi connectivity index (χ2n) is 9.27. The molecule has 12 heteroatoms. The zero-order chi connectivity index (χ0) is 29.5. The fraction of sp³-hybridized carbons (Fsp3) is 0.133. The zero-order valence-corrected chi connectivity index (χ0v) is 23.8. The standard InChI is InChI=1S/C30H26ClN5O5S/c31-22-9-11-23(12-10-22)36(20-28(37)34-35-29-26-7-1-2-8-27(26)33-30(29)38)42(39,40)25-15-13-24(14-16-25)41-18-4-6-21-5-3-17-32-19-21/h1-3,5,7-17,19H,4,6,18,20H2,(H,34,37)(H,33,35,38). The average Bonchev–Trinajstić information content (AvgIpc) is 3.33. The summed E-state index contributed by atoms with van der Waals surface area (Å²) >= 11 is 6.02. The number of aromatic nitrogens is 1. The summed E-state index contributed by atoms with van der Waals surface area (Å²) in [4.78, 5) is 29.3. The maximum atomic E-state index is 13.7. The number of fused-ring (bicyclic) bond motifs is 1. The summed E-state index contributed by atoms with van der Waals surface area (Å²) in [5.41, 5.74) is 4.77. The number of rotatable bonds is 11. The van der Waals surface area contributed by atoms with E-state index in [9.17, 15) is 18.0 Å². The summed E-state index contributed by atoms with van der Waals surface area (Å²) in [6.07, 6.45) is 5.10. The van der Waals surface area contributed by atoms with E-state index in [4.69, 9.17) is 16.3 Å². The Hall–Kier alpha value is -4.74. The Morgan fingerprint density at radius 2 is 1.76 bits per heavy atom. The van der Waals surface area contributed by atoms with Crippen molar-refractivity contribution < 1.29 is 22.7 Å². The van der Waals surface area contributed by atoms with Crippen LogP contribution in [-0.2, 0) is 26.0 Å². The molecular weight excluding hydrogens is 578 g/mol. The van der Waals surface area contributed by atoms with E-state index in [1.807, 2.05) is 18.3 Å². The van der Waals surface area contributed by atoms with Gasteiger partial charge in [-0.2, -0.15) is 5.10 Å². The Kier molecular flexibility index (Phi) is 8.80. The molecule has 0 saturated carbocycles. The fourth-order valence-electron chi connectivity index (χ4n) is 4.27. The number of nitrogens with zero attached hydrogens (tertiary/aromatic N) is 3. The lowest BCUT2D eigenvalue weighted by Gasteiger charge is -2.24. The number of anilines is 2. The van der Waals surface area contributed by atoms with E-state index in [2.05, 4.69) is 20.8 Å². The summed E-state index contributed by atoms with van der Waals surface area (Å²) in [7, 11) is -4.20. The van der Waals surface area contributed by atoms with Crippen molar-refractivity contribution in [2.24, 2.45) is 5.10 Å². The number of halogens is 1. The number of pyridine rings is 1. The molecule has 2 heterocycles. The number of hydrazone groups is 1. The molecule has 0 radical (unpaired) electrons. The molecule has 2 N–H and O–H groups in total. The second kappa shape index (κ2) is 12.8. The van der Waals surface area contributed by atoms with Crippen molar-refractivity contribution in [3.8, 4) is 5.75 Å². The number of hydrogen-bond donors (Lipinski definition) is 2. The lowest BCUT2D eigenvalue weighted by atomic mass is 10.1. The van der Waals surface area contributed by atoms with Gasteiger partial charge >= 0.3 is 0 Å². The van der Waals surface area contributed by atoms with Crippen molar-refractivity contribution in [1.82, 2.24) is 10.4 Å². The van der Waals surface area contributed by atoms with Crippen LogP contribution in [0.3, 0.4) is 0 Å². The number of carbonyl (C=O) groups excluding carboxylic acids is 2. The van der Waals surface area contributed by atoms with E-state index in [1.54, 1.807) is 42.6 Å². The van der Waals surface area contributed by atoms with Crippen LogP contribution >= 0.6 is 11.6 Å². The van der Waals surface area contributed by atoms with Crippen molar-refractivity contribution in [3.05, 3.63) is 113 Å². The first-order chi connectivity index (χ1) is 20.3. The quantitative estimate of drug-likeness (QED) is 0.193. The van der Waals surface area contributed by atoms with Crippen LogP contribution in [0.4, 0.5) is 11.4 Å². The molecule has 0 fully saturated rings. The molecule has 0 saturated heterocycles. The highest BCUT2D eigenvalue weighted by Crippen LogP contribution is 2.27. The van der Waals surface area contributed by atoms with Crippen LogP contribution in [0.15, 0.2) is 107 Å². The Balaban J connectivity index is 1.29. The van der Waals surface area contributed by atoms with Gasteiger partial charge in [-0.25, -0.2) is 13.8 Å². The van der Waals surface area contributed by atoms with Gasteiger partial charge in [-0.3, -0.25) is 18.9 Å². The summed E-state index contributed by atoms with van der Waals surface area (Å²) in [5, 5.41) is 7.04. The summed E-state index contributed by atoms with van der Waals surface area (Å²) in [5.74, 6) is -0.702. The van der Waals surface area contributed by atoms with E-state index >= 15 is 0 Å². The average molecular weight is 604 g/mol. The van der Waals surface area contributed by atoms with Gasteiger partial charge in [0.2, 0.25) is 0 Å². The van der Waals surface area contributed by atoms with E-state index in [-0.39, 0.29) is 16.3 Å². The molecule has 0 atom stereocenters. The Morgan fingerprint density at radius 1 is 1.00 bits per heavy atom. The number of carbonyl (C=O) groups is 2. The molecule has 42 heavy (non-hydrogen) atoms. The minimum absolute atomic E-state index is 0.0240. The number of aryl methyl sites for hydroxylation is 1. The number of sulfonamides is 1. The predicted octanol–water partition coefficient (Wildman–Crippen LogP) is 4.41. The number of benzene rings is 3. The molecule has 10 nitrogen and oxygen atoms in total. The number of hydrogen-bond acceptors (Lipinski definition) is 7. The molecule has 0 unspecified atom stereocenters. The van der Waals surface area contributed by atoms with Crippen LogP contribution in [0.1, 0.15) is 17.5 Å². The Morgan fingerprint density at radius 3 is 2.50 bits per heavy atom. The molecular formula is C30H26ClN5O5S. The molecule has 5 rings (SSSR count). The SMILES string of the molecule is O=C(CN(c1ccc(Cl)cc1)S(=O)(=O)c1ccc(OCCCc2cccnc2)cc1)N/N=C1\C(=O)Nc2ccccc21. The minimum atomic E-state index is -4.20. The highest BCUT2D eigenvalue weighted by Gasteiger charge is 2.29. The van der Waals surface area contributed by atoms with Crippen LogP contribution in [-0.4, -0.2) is 44.1 Å². The third-order valence-corrected chi connectivity index (χ3v) is 8.39. The minimum Gasteiger partial charge on any atom is -0.494 e. The number of amides is 2. The molecule has 0 bridgehead atoms. The van der Waals surface area contributed by atoms with Crippen molar-refractivity contribution in [2.45, 2.75) is 17.7 Å². The molecule has 3 aromatic carbocycles. The third kappa shape index (κ3) is 6.76. The van der Waals surface area contributed by atoms with E-state index in [0.717, 1.165) is 22.7 Å². The van der Waals surface area contributed by atoms with Gasteiger partial charge in [0.25, 0.3) is 21.8 Å². The summed E-state index contributed by atoms with van der Waals surface area (Å²) < 4.78 is 34.2. The lowest BCUT2D eigenvalue weighted by molar-refractivity contribution is -0.119. The van der Waals surface area contributed by atoms with Crippen LogP contribution in [0, 0.1) is 0 Å². The first-order valence-corrected chi connectivity index (χ1v) is 14.8. The molecule has 1 aromatic heterocycles. The van der Waals surface area contributed by atoms with E-state index < -0.39 is 28.4 Å². The smallest absolute Gasteiger partial charge is 0.276 e. The second-order valence-corrected chi connectivity index (χ2v) is 11.6. The fourth-order valence-corrected chi connectivity index (χ4v) is 5.81. The zero-order valence-electron chi connectivity index (χ0n) is 22.2. The number of ether oxygens (including phenoxy) is 1. The molecule has 4 aromatic rings. The van der Waals surface area contributed by atoms with Crippen molar-refractivity contribution in [1.29, 1.82) is 0 Å². The number of para-hydroxylation sites is 1. The monoisotopic (exact) mass is 603 g/mol. The van der Waals surface area contributed by atoms with Crippen LogP contribution in [0.2, 0.25) is 5.02 Å². The molecule has 1 aliphatic heterocycles. The molecule has 214 valence electrons. The summed E-state index contributed by atoms with van der Waals surface area (Å²) in [6.45, 7) is -0.153. The maximum absolute atomic E-state index is 13.7. The van der Waals surface area contributed by atoms with Crippen molar-refractivity contribution >= 4 is 50.5 Å². The highest BCUT2D eigenvalue weighted by molar-refractivity contribution is 7.92. The molecule has 2 amide bonds. The first kappa shape index (κ1) is 28.8. The molecule has 0 spiro atoms. The largest absolute Gasteiger partial charge is 0.494 e. The highest BCUT2D eigenvalue weighted by atomic mass is 35.5. The molecule has 0 aliphatic carbocycles. The van der Waals surface area contributed by atoms with Crippen molar-refractivity contribution in [3.63, 3.8) is 0 Å². The Labute approximate surface area is 248 Å². The van der Waals surface area contributed by atoms with Crippen molar-refractivity contribution in [2.75, 3.05) is 22.8 Å². The van der Waals surface area contributed by atoms with Gasteiger partial charge in [-0.1, -0.05) is 35.9 Å². The van der Waals surface area contributed by atoms with Gasteiger partial charge in [0, 0.05) is 23.0 Å². The van der Waals surface area contributed by atoms with E-state index in [0.29, 0.717) is 28.6 Å². The van der Waals surface area contributed by atoms with Gasteiger partial charge in [0.1, 0.15) is 12.3 Å². The summed E-state index contributed by atoms with van der Waals surface area (Å²) in [6, 6.07) is 22.8.